The number of likely N-dealkylation sites (tertiary alicyclic amines) is 1. The van der Waals surface area contributed by atoms with Crippen molar-refractivity contribution >= 4 is 5.91 Å². The molecular formula is C25H32FN3O2. The number of amides is 1. The van der Waals surface area contributed by atoms with Crippen LogP contribution >= 0.6 is 0 Å². The Morgan fingerprint density at radius 2 is 1.97 bits per heavy atom. The maximum absolute atomic E-state index is 14.2. The summed E-state index contributed by atoms with van der Waals surface area (Å²) in [5.74, 6) is -0.0563. The number of pyridine rings is 1. The second kappa shape index (κ2) is 10.2. The fourth-order valence-electron chi connectivity index (χ4n) is 5.00. The number of carbonyl (C=O) groups is 1. The first-order chi connectivity index (χ1) is 15.1. The Hall–Kier alpha value is -2.47. The lowest BCUT2D eigenvalue weighted by molar-refractivity contribution is 0.0649. The molecule has 1 saturated heterocycles. The molecule has 166 valence electrons. The Bertz CT molecular complexity index is 862. The minimum atomic E-state index is -0.514. The van der Waals surface area contributed by atoms with Crippen LogP contribution in [-0.2, 0) is 6.54 Å². The zero-order valence-electron chi connectivity index (χ0n) is 18.3. The molecule has 2 heterocycles. The van der Waals surface area contributed by atoms with Gasteiger partial charge in [-0.2, -0.15) is 0 Å². The van der Waals surface area contributed by atoms with Gasteiger partial charge in [-0.3, -0.25) is 9.78 Å². The topological polar surface area (TPSA) is 45.7 Å². The summed E-state index contributed by atoms with van der Waals surface area (Å²) >= 11 is 0. The van der Waals surface area contributed by atoms with Gasteiger partial charge >= 0.3 is 0 Å². The fourth-order valence-corrected chi connectivity index (χ4v) is 5.00. The number of piperidine rings is 1. The van der Waals surface area contributed by atoms with Crippen LogP contribution in [0.15, 0.2) is 42.7 Å². The molecule has 1 aromatic heterocycles. The van der Waals surface area contributed by atoms with E-state index in [-0.39, 0.29) is 11.7 Å². The highest BCUT2D eigenvalue weighted by Crippen LogP contribution is 2.29. The van der Waals surface area contributed by atoms with E-state index in [1.807, 2.05) is 17.0 Å². The van der Waals surface area contributed by atoms with E-state index in [2.05, 4.69) is 9.88 Å². The van der Waals surface area contributed by atoms with Crippen molar-refractivity contribution in [3.8, 4) is 5.75 Å². The predicted octanol–water partition coefficient (Wildman–Crippen LogP) is 4.53. The van der Waals surface area contributed by atoms with E-state index in [0.29, 0.717) is 24.6 Å². The van der Waals surface area contributed by atoms with Crippen LogP contribution in [0.3, 0.4) is 0 Å². The summed E-state index contributed by atoms with van der Waals surface area (Å²) in [5, 5.41) is 0. The minimum absolute atomic E-state index is 0.148. The molecule has 1 amide bonds. The third-order valence-corrected chi connectivity index (χ3v) is 6.75. The summed E-state index contributed by atoms with van der Waals surface area (Å²) in [7, 11) is 1.42. The normalized spacial score (nSPS) is 18.3. The van der Waals surface area contributed by atoms with Crippen molar-refractivity contribution in [1.29, 1.82) is 0 Å². The Kier molecular flexibility index (Phi) is 7.17. The molecule has 0 bridgehead atoms. The standard InChI is InChI=1S/C25H32FN3O2/c1-31-24-9-8-21(15-23(24)26)25(30)29(18-20-5-4-12-27-16-20)17-19-10-13-28(14-11-19)22-6-2-3-7-22/h4-5,8-9,12,15-16,19,22H,2-3,6-7,10-11,13-14,17-18H2,1H3. The summed E-state index contributed by atoms with van der Waals surface area (Å²) < 4.78 is 19.2. The van der Waals surface area contributed by atoms with Crippen LogP contribution in [0.4, 0.5) is 4.39 Å². The Morgan fingerprint density at radius 1 is 1.19 bits per heavy atom. The Morgan fingerprint density at radius 3 is 2.61 bits per heavy atom. The molecule has 0 radical (unpaired) electrons. The van der Waals surface area contributed by atoms with Crippen LogP contribution in [0, 0.1) is 11.7 Å². The van der Waals surface area contributed by atoms with Crippen molar-refractivity contribution in [2.24, 2.45) is 5.92 Å². The van der Waals surface area contributed by atoms with Gasteiger partial charge in [0.25, 0.3) is 5.91 Å². The first kappa shape index (κ1) is 21.8. The molecule has 0 N–H and O–H groups in total. The molecule has 2 aromatic rings. The smallest absolute Gasteiger partial charge is 0.254 e. The summed E-state index contributed by atoms with van der Waals surface area (Å²) in [4.78, 5) is 22.0. The van der Waals surface area contributed by atoms with Crippen molar-refractivity contribution in [3.05, 3.63) is 59.7 Å². The molecule has 0 unspecified atom stereocenters. The summed E-state index contributed by atoms with van der Waals surface area (Å²) in [5.41, 5.74) is 1.33. The van der Waals surface area contributed by atoms with Gasteiger partial charge in [0.1, 0.15) is 0 Å². The van der Waals surface area contributed by atoms with E-state index in [0.717, 1.165) is 37.5 Å². The molecule has 0 atom stereocenters. The second-order valence-corrected chi connectivity index (χ2v) is 8.81. The van der Waals surface area contributed by atoms with Crippen molar-refractivity contribution in [2.75, 3.05) is 26.7 Å². The highest BCUT2D eigenvalue weighted by atomic mass is 19.1. The maximum atomic E-state index is 14.2. The van der Waals surface area contributed by atoms with E-state index in [9.17, 15) is 9.18 Å². The molecule has 31 heavy (non-hydrogen) atoms. The number of ether oxygens (including phenoxy) is 1. The van der Waals surface area contributed by atoms with E-state index in [1.54, 1.807) is 18.5 Å². The number of nitrogens with zero attached hydrogens (tertiary/aromatic N) is 3. The fraction of sp³-hybridized carbons (Fsp3) is 0.520. The van der Waals surface area contributed by atoms with Crippen LogP contribution in [0.5, 0.6) is 5.75 Å². The lowest BCUT2D eigenvalue weighted by atomic mass is 9.94. The van der Waals surface area contributed by atoms with Crippen LogP contribution in [-0.4, -0.2) is 53.5 Å². The van der Waals surface area contributed by atoms with Crippen molar-refractivity contribution in [1.82, 2.24) is 14.8 Å². The van der Waals surface area contributed by atoms with Crippen LogP contribution in [0.2, 0.25) is 0 Å². The number of halogens is 1. The van der Waals surface area contributed by atoms with Gasteiger partial charge in [0, 0.05) is 37.1 Å². The molecule has 5 nitrogen and oxygen atoms in total. The second-order valence-electron chi connectivity index (χ2n) is 8.81. The summed E-state index contributed by atoms with van der Waals surface area (Å²) in [6.07, 6.45) is 11.1. The SMILES string of the molecule is COc1ccc(C(=O)N(Cc2cccnc2)CC2CCN(C3CCCC3)CC2)cc1F. The maximum Gasteiger partial charge on any atom is 0.254 e. The number of rotatable bonds is 7. The van der Waals surface area contributed by atoms with Gasteiger partial charge in [0.15, 0.2) is 11.6 Å². The van der Waals surface area contributed by atoms with Gasteiger partial charge in [0.05, 0.1) is 7.11 Å². The molecular weight excluding hydrogens is 393 g/mol. The molecule has 1 aliphatic carbocycles. The van der Waals surface area contributed by atoms with Crippen molar-refractivity contribution in [2.45, 2.75) is 51.1 Å². The number of benzene rings is 1. The molecule has 4 rings (SSSR count). The zero-order valence-corrected chi connectivity index (χ0v) is 18.3. The predicted molar refractivity (Wildman–Crippen MR) is 118 cm³/mol. The number of hydrogen-bond donors (Lipinski definition) is 0. The molecule has 1 aliphatic heterocycles. The van der Waals surface area contributed by atoms with Gasteiger partial charge in [0.2, 0.25) is 0 Å². The first-order valence-corrected chi connectivity index (χ1v) is 11.4. The number of carbonyl (C=O) groups excluding carboxylic acids is 1. The Labute approximate surface area is 184 Å². The zero-order chi connectivity index (χ0) is 21.6. The minimum Gasteiger partial charge on any atom is -0.494 e. The van der Waals surface area contributed by atoms with E-state index >= 15 is 0 Å². The molecule has 1 saturated carbocycles. The number of methoxy groups -OCH3 is 1. The van der Waals surface area contributed by atoms with E-state index < -0.39 is 5.82 Å². The van der Waals surface area contributed by atoms with Gasteiger partial charge in [-0.1, -0.05) is 18.9 Å². The summed E-state index contributed by atoms with van der Waals surface area (Å²) in [6, 6.07) is 9.06. The number of hydrogen-bond acceptors (Lipinski definition) is 4. The van der Waals surface area contributed by atoms with Gasteiger partial charge < -0.3 is 14.5 Å². The van der Waals surface area contributed by atoms with Crippen LogP contribution in [0.25, 0.3) is 0 Å². The molecule has 2 aliphatic rings. The third kappa shape index (κ3) is 5.42. The van der Waals surface area contributed by atoms with Gasteiger partial charge in [-0.15, -0.1) is 0 Å². The molecule has 0 spiro atoms. The van der Waals surface area contributed by atoms with Crippen LogP contribution < -0.4 is 4.74 Å². The number of aromatic nitrogens is 1. The molecule has 1 aromatic carbocycles. The van der Waals surface area contributed by atoms with Crippen LogP contribution in [0.1, 0.15) is 54.4 Å². The highest BCUT2D eigenvalue weighted by molar-refractivity contribution is 5.94. The molecule has 6 heteroatoms. The lowest BCUT2D eigenvalue weighted by Crippen LogP contribution is -2.43. The monoisotopic (exact) mass is 425 g/mol. The van der Waals surface area contributed by atoms with Gasteiger partial charge in [-0.05, 0) is 74.5 Å². The average molecular weight is 426 g/mol. The molecule has 2 fully saturated rings. The van der Waals surface area contributed by atoms with Crippen molar-refractivity contribution < 1.29 is 13.9 Å². The average Bonchev–Trinajstić information content (AvgIpc) is 3.34. The Balaban J connectivity index is 1.45. The largest absolute Gasteiger partial charge is 0.494 e. The highest BCUT2D eigenvalue weighted by Gasteiger charge is 2.29. The van der Waals surface area contributed by atoms with Crippen molar-refractivity contribution in [3.63, 3.8) is 0 Å². The quantitative estimate of drug-likeness (QED) is 0.654. The van der Waals surface area contributed by atoms with E-state index in [4.69, 9.17) is 4.74 Å². The first-order valence-electron chi connectivity index (χ1n) is 11.4. The van der Waals surface area contributed by atoms with Gasteiger partial charge in [-0.25, -0.2) is 4.39 Å². The summed E-state index contributed by atoms with van der Waals surface area (Å²) in [6.45, 7) is 3.38. The van der Waals surface area contributed by atoms with E-state index in [1.165, 1.54) is 44.9 Å². The third-order valence-electron chi connectivity index (χ3n) is 6.75. The lowest BCUT2D eigenvalue weighted by Gasteiger charge is -2.38.